The Morgan fingerprint density at radius 2 is 1.92 bits per heavy atom. The quantitative estimate of drug-likeness (QED) is 0.829. The van der Waals surface area contributed by atoms with E-state index in [-0.39, 0.29) is 17.6 Å². The van der Waals surface area contributed by atoms with Gasteiger partial charge in [0.25, 0.3) is 0 Å². The van der Waals surface area contributed by atoms with Crippen LogP contribution in [0.1, 0.15) is 60.0 Å². The van der Waals surface area contributed by atoms with E-state index in [4.69, 9.17) is 0 Å². The van der Waals surface area contributed by atoms with Gasteiger partial charge in [0, 0.05) is 6.54 Å². The van der Waals surface area contributed by atoms with Gasteiger partial charge in [0.2, 0.25) is 5.91 Å². The summed E-state index contributed by atoms with van der Waals surface area (Å²) < 4.78 is 0. The lowest BCUT2D eigenvalue weighted by atomic mass is 10.0. The van der Waals surface area contributed by atoms with Gasteiger partial charge in [-0.1, -0.05) is 38.1 Å². The molecule has 2 aromatic rings. The van der Waals surface area contributed by atoms with Crippen LogP contribution in [-0.4, -0.2) is 43.8 Å². The smallest absolute Gasteiger partial charge is 0.358 e. The third-order valence-corrected chi connectivity index (χ3v) is 4.69. The maximum absolute atomic E-state index is 12.8. The van der Waals surface area contributed by atoms with Crippen molar-refractivity contribution in [1.82, 2.24) is 20.3 Å². The molecule has 7 heteroatoms. The molecule has 3 rings (SSSR count). The van der Waals surface area contributed by atoms with Crippen molar-refractivity contribution in [1.29, 1.82) is 0 Å². The standard InChI is InChI=1S/C19H24N4O3/c1-12(2)10-13-5-7-14(8-6-13)11-16(24)23-9-3-4-15(23)17-18(19(25)26)21-22-20-17/h5-8,12,15H,3-4,9-11H2,1-2H3,(H,25,26)(H,20,21,22). The molecule has 1 aliphatic rings. The molecule has 0 spiro atoms. The average Bonchev–Trinajstić information content (AvgIpc) is 3.24. The molecule has 2 heterocycles. The minimum atomic E-state index is -1.13. The van der Waals surface area contributed by atoms with Gasteiger partial charge in [-0.05, 0) is 36.3 Å². The molecule has 138 valence electrons. The fourth-order valence-electron chi connectivity index (χ4n) is 3.52. The maximum atomic E-state index is 12.8. The van der Waals surface area contributed by atoms with Crippen LogP contribution >= 0.6 is 0 Å². The monoisotopic (exact) mass is 356 g/mol. The van der Waals surface area contributed by atoms with Crippen LogP contribution in [0.4, 0.5) is 0 Å². The summed E-state index contributed by atoms with van der Waals surface area (Å²) in [5.74, 6) is -0.545. The number of nitrogens with zero attached hydrogens (tertiary/aromatic N) is 3. The zero-order chi connectivity index (χ0) is 18.7. The molecule has 1 unspecified atom stereocenters. The van der Waals surface area contributed by atoms with Gasteiger partial charge in [-0.2, -0.15) is 10.3 Å². The Hall–Kier alpha value is -2.70. The van der Waals surface area contributed by atoms with Crippen LogP contribution in [0.25, 0.3) is 0 Å². The van der Waals surface area contributed by atoms with E-state index in [2.05, 4.69) is 41.4 Å². The fourth-order valence-corrected chi connectivity index (χ4v) is 3.52. The number of aromatic carboxylic acids is 1. The number of nitrogens with one attached hydrogen (secondary N) is 1. The predicted molar refractivity (Wildman–Crippen MR) is 95.7 cm³/mol. The maximum Gasteiger partial charge on any atom is 0.358 e. The number of H-pyrrole nitrogens is 1. The molecule has 1 saturated heterocycles. The van der Waals surface area contributed by atoms with Crippen LogP contribution in [-0.2, 0) is 17.6 Å². The van der Waals surface area contributed by atoms with Gasteiger partial charge >= 0.3 is 5.97 Å². The van der Waals surface area contributed by atoms with E-state index in [0.717, 1.165) is 18.4 Å². The molecule has 1 atom stereocenters. The van der Waals surface area contributed by atoms with E-state index in [1.807, 2.05) is 12.1 Å². The van der Waals surface area contributed by atoms with Gasteiger partial charge in [-0.25, -0.2) is 4.79 Å². The molecular formula is C19H24N4O3. The fraction of sp³-hybridized carbons (Fsp3) is 0.474. The molecule has 1 amide bonds. The Balaban J connectivity index is 1.70. The van der Waals surface area contributed by atoms with Crippen molar-refractivity contribution in [3.05, 3.63) is 46.8 Å². The molecule has 26 heavy (non-hydrogen) atoms. The normalized spacial score (nSPS) is 17.0. The molecule has 1 aromatic heterocycles. The Kier molecular flexibility index (Phi) is 5.35. The van der Waals surface area contributed by atoms with Crippen LogP contribution in [0.3, 0.4) is 0 Å². The van der Waals surface area contributed by atoms with Crippen LogP contribution in [0.5, 0.6) is 0 Å². The first kappa shape index (κ1) is 18.1. The molecule has 0 aliphatic carbocycles. The summed E-state index contributed by atoms with van der Waals surface area (Å²) in [6.45, 7) is 4.97. The number of carboxylic acid groups (broad SMARTS) is 1. The summed E-state index contributed by atoms with van der Waals surface area (Å²) in [4.78, 5) is 25.8. The second-order valence-corrected chi connectivity index (χ2v) is 7.20. The Labute approximate surface area is 152 Å². The van der Waals surface area contributed by atoms with Crippen molar-refractivity contribution < 1.29 is 14.7 Å². The zero-order valence-corrected chi connectivity index (χ0v) is 15.1. The van der Waals surface area contributed by atoms with Gasteiger partial charge in [-0.15, -0.1) is 5.10 Å². The van der Waals surface area contributed by atoms with Gasteiger partial charge < -0.3 is 10.0 Å². The van der Waals surface area contributed by atoms with E-state index in [1.165, 1.54) is 5.56 Å². The minimum Gasteiger partial charge on any atom is -0.476 e. The second-order valence-electron chi connectivity index (χ2n) is 7.20. The lowest BCUT2D eigenvalue weighted by Gasteiger charge is -2.23. The highest BCUT2D eigenvalue weighted by Gasteiger charge is 2.35. The lowest BCUT2D eigenvalue weighted by molar-refractivity contribution is -0.131. The molecule has 2 N–H and O–H groups in total. The van der Waals surface area contributed by atoms with Crippen molar-refractivity contribution in [2.45, 2.75) is 45.6 Å². The van der Waals surface area contributed by atoms with Gasteiger partial charge in [0.1, 0.15) is 5.69 Å². The Morgan fingerprint density at radius 1 is 1.23 bits per heavy atom. The molecule has 0 radical (unpaired) electrons. The highest BCUT2D eigenvalue weighted by molar-refractivity contribution is 5.87. The largest absolute Gasteiger partial charge is 0.476 e. The van der Waals surface area contributed by atoms with Crippen molar-refractivity contribution in [3.63, 3.8) is 0 Å². The number of rotatable bonds is 6. The molecular weight excluding hydrogens is 332 g/mol. The van der Waals surface area contributed by atoms with E-state index in [9.17, 15) is 14.7 Å². The highest BCUT2D eigenvalue weighted by atomic mass is 16.4. The predicted octanol–water partition coefficient (Wildman–Crippen LogP) is 2.61. The number of aromatic amines is 1. The number of carbonyl (C=O) groups is 2. The number of hydrogen-bond acceptors (Lipinski definition) is 4. The van der Waals surface area contributed by atoms with Crippen molar-refractivity contribution >= 4 is 11.9 Å². The van der Waals surface area contributed by atoms with Gasteiger partial charge in [0.05, 0.1) is 12.5 Å². The summed E-state index contributed by atoms with van der Waals surface area (Å²) in [6, 6.07) is 7.82. The first-order valence-corrected chi connectivity index (χ1v) is 8.97. The number of aromatic nitrogens is 3. The SMILES string of the molecule is CC(C)Cc1ccc(CC(=O)N2CCCC2c2n[nH]nc2C(=O)O)cc1. The van der Waals surface area contributed by atoms with Crippen LogP contribution in [0.15, 0.2) is 24.3 Å². The molecule has 0 bridgehead atoms. The topological polar surface area (TPSA) is 99.2 Å². The summed E-state index contributed by atoms with van der Waals surface area (Å²) >= 11 is 0. The first-order valence-electron chi connectivity index (χ1n) is 8.97. The van der Waals surface area contributed by atoms with Gasteiger partial charge in [0.15, 0.2) is 5.69 Å². The summed E-state index contributed by atoms with van der Waals surface area (Å²) in [5.41, 5.74) is 2.47. The number of carboxylic acids is 1. The summed E-state index contributed by atoms with van der Waals surface area (Å²) in [7, 11) is 0. The van der Waals surface area contributed by atoms with Crippen molar-refractivity contribution in [3.8, 4) is 0 Å². The molecule has 1 fully saturated rings. The number of likely N-dealkylation sites (tertiary alicyclic amines) is 1. The lowest BCUT2D eigenvalue weighted by Crippen LogP contribution is -2.32. The average molecular weight is 356 g/mol. The van der Waals surface area contributed by atoms with E-state index < -0.39 is 5.97 Å². The van der Waals surface area contributed by atoms with E-state index in [0.29, 0.717) is 31.0 Å². The van der Waals surface area contributed by atoms with E-state index >= 15 is 0 Å². The number of amides is 1. The van der Waals surface area contributed by atoms with E-state index in [1.54, 1.807) is 4.90 Å². The molecule has 7 nitrogen and oxygen atoms in total. The third-order valence-electron chi connectivity index (χ3n) is 4.69. The van der Waals surface area contributed by atoms with Crippen molar-refractivity contribution in [2.75, 3.05) is 6.54 Å². The van der Waals surface area contributed by atoms with Crippen LogP contribution in [0.2, 0.25) is 0 Å². The molecule has 0 saturated carbocycles. The molecule has 1 aliphatic heterocycles. The summed E-state index contributed by atoms with van der Waals surface area (Å²) in [6.07, 6.45) is 2.85. The van der Waals surface area contributed by atoms with Crippen molar-refractivity contribution in [2.24, 2.45) is 5.92 Å². The number of hydrogen-bond donors (Lipinski definition) is 2. The summed E-state index contributed by atoms with van der Waals surface area (Å²) in [5, 5.41) is 19.3. The Morgan fingerprint density at radius 3 is 2.58 bits per heavy atom. The van der Waals surface area contributed by atoms with Gasteiger partial charge in [-0.3, -0.25) is 4.79 Å². The van der Waals surface area contributed by atoms with Crippen LogP contribution in [0, 0.1) is 5.92 Å². The van der Waals surface area contributed by atoms with Crippen LogP contribution < -0.4 is 0 Å². The number of benzene rings is 1. The minimum absolute atomic E-state index is 0.0107. The Bertz CT molecular complexity index is 782. The number of carbonyl (C=O) groups excluding carboxylic acids is 1. The first-order chi connectivity index (χ1) is 12.5. The molecule has 1 aromatic carbocycles. The third kappa shape index (κ3) is 3.92. The zero-order valence-electron chi connectivity index (χ0n) is 15.1. The second kappa shape index (κ2) is 7.68. The highest BCUT2D eigenvalue weighted by Crippen LogP contribution is 2.32.